The van der Waals surface area contributed by atoms with Crippen molar-refractivity contribution in [3.8, 4) is 18.1 Å². The minimum atomic E-state index is -0.789. The van der Waals surface area contributed by atoms with Gasteiger partial charge in [0.15, 0.2) is 0 Å². The maximum Gasteiger partial charge on any atom is 0.314 e. The number of carbonyl (C=O) groups is 2. The van der Waals surface area contributed by atoms with E-state index < -0.39 is 11.8 Å². The molecule has 0 radical (unpaired) electrons. The molecule has 2 aromatic carbocycles. The first-order valence-electron chi connectivity index (χ1n) is 7.05. The van der Waals surface area contributed by atoms with Crippen LogP contribution >= 0.6 is 0 Å². The van der Waals surface area contributed by atoms with Crippen LogP contribution in [0.15, 0.2) is 48.5 Å². The van der Waals surface area contributed by atoms with Gasteiger partial charge in [-0.1, -0.05) is 24.1 Å². The highest BCUT2D eigenvalue weighted by Crippen LogP contribution is 2.23. The van der Waals surface area contributed by atoms with E-state index in [-0.39, 0.29) is 0 Å². The van der Waals surface area contributed by atoms with E-state index in [1.54, 1.807) is 48.5 Å². The number of hydrogen-bond donors (Lipinski definition) is 2. The summed E-state index contributed by atoms with van der Waals surface area (Å²) in [4.78, 5) is 24.0. The summed E-state index contributed by atoms with van der Waals surface area (Å²) >= 11 is 0. The molecular weight excluding hydrogens is 292 g/mol. The zero-order chi connectivity index (χ0) is 16.7. The van der Waals surface area contributed by atoms with Gasteiger partial charge in [-0.15, -0.1) is 6.42 Å². The van der Waals surface area contributed by atoms with Crippen LogP contribution < -0.4 is 15.4 Å². The van der Waals surface area contributed by atoms with Crippen molar-refractivity contribution < 1.29 is 14.3 Å². The maximum atomic E-state index is 12.0. The summed E-state index contributed by atoms with van der Waals surface area (Å²) in [5.74, 6) is 1.39. The fraction of sp³-hybridized carbons (Fsp3) is 0.111. The van der Waals surface area contributed by atoms with E-state index in [4.69, 9.17) is 11.2 Å². The average Bonchev–Trinajstić information content (AvgIpc) is 2.57. The molecule has 0 aromatic heterocycles. The van der Waals surface area contributed by atoms with Crippen molar-refractivity contribution in [1.82, 2.24) is 0 Å². The van der Waals surface area contributed by atoms with Gasteiger partial charge in [-0.3, -0.25) is 9.59 Å². The molecule has 0 saturated carbocycles. The molecule has 2 amide bonds. The first-order valence-corrected chi connectivity index (χ1v) is 7.05. The number of amides is 2. The molecule has 2 N–H and O–H groups in total. The molecule has 0 aliphatic heterocycles. The molecule has 0 aliphatic carbocycles. The zero-order valence-electron chi connectivity index (χ0n) is 12.6. The lowest BCUT2D eigenvalue weighted by molar-refractivity contribution is -0.133. The van der Waals surface area contributed by atoms with Crippen LogP contribution in [0.4, 0.5) is 11.4 Å². The summed E-state index contributed by atoms with van der Waals surface area (Å²) in [6.45, 7) is 2.29. The first-order chi connectivity index (χ1) is 11.1. The van der Waals surface area contributed by atoms with Crippen LogP contribution in [0.25, 0.3) is 0 Å². The molecule has 0 unspecified atom stereocenters. The Hall–Kier alpha value is -3.26. The Kier molecular flexibility index (Phi) is 5.37. The van der Waals surface area contributed by atoms with E-state index in [1.807, 2.05) is 6.92 Å². The summed E-state index contributed by atoms with van der Waals surface area (Å²) in [5.41, 5.74) is 1.51. The van der Waals surface area contributed by atoms with Gasteiger partial charge in [0.05, 0.1) is 12.3 Å². The smallest absolute Gasteiger partial charge is 0.314 e. The number of rotatable bonds is 4. The minimum Gasteiger partial charge on any atom is -0.492 e. The molecule has 0 aliphatic rings. The molecule has 0 heterocycles. The average molecular weight is 308 g/mol. The predicted molar refractivity (Wildman–Crippen MR) is 89.2 cm³/mol. The summed E-state index contributed by atoms with van der Waals surface area (Å²) < 4.78 is 5.40. The Morgan fingerprint density at radius 2 is 1.83 bits per heavy atom. The lowest BCUT2D eigenvalue weighted by atomic mass is 10.2. The molecule has 0 fully saturated rings. The van der Waals surface area contributed by atoms with E-state index in [2.05, 4.69) is 16.6 Å². The summed E-state index contributed by atoms with van der Waals surface area (Å²) in [6, 6.07) is 13.6. The van der Waals surface area contributed by atoms with Crippen LogP contribution in [0.3, 0.4) is 0 Å². The van der Waals surface area contributed by atoms with Crippen molar-refractivity contribution in [3.63, 3.8) is 0 Å². The van der Waals surface area contributed by atoms with E-state index in [0.717, 1.165) is 0 Å². The van der Waals surface area contributed by atoms with Crippen molar-refractivity contribution in [2.45, 2.75) is 6.92 Å². The van der Waals surface area contributed by atoms with Crippen molar-refractivity contribution >= 4 is 23.2 Å². The Morgan fingerprint density at radius 3 is 2.57 bits per heavy atom. The minimum absolute atomic E-state index is 0.437. The Labute approximate surface area is 134 Å². The SMILES string of the molecule is C#Cc1cccc(NC(=O)C(=O)Nc2ccccc2OCC)c1. The molecule has 2 aromatic rings. The number of terminal acetylenes is 1. The second kappa shape index (κ2) is 7.66. The van der Waals surface area contributed by atoms with Gasteiger partial charge in [0.2, 0.25) is 0 Å². The third kappa shape index (κ3) is 4.35. The quantitative estimate of drug-likeness (QED) is 0.674. The Bertz CT molecular complexity index is 763. The lowest BCUT2D eigenvalue weighted by Crippen LogP contribution is -2.29. The van der Waals surface area contributed by atoms with Gasteiger partial charge in [0.1, 0.15) is 5.75 Å². The molecule has 5 heteroatoms. The monoisotopic (exact) mass is 308 g/mol. The largest absolute Gasteiger partial charge is 0.492 e. The highest BCUT2D eigenvalue weighted by molar-refractivity contribution is 6.43. The molecule has 0 bridgehead atoms. The molecule has 0 spiro atoms. The number of nitrogens with one attached hydrogen (secondary N) is 2. The topological polar surface area (TPSA) is 67.4 Å². The van der Waals surface area contributed by atoms with Crippen LogP contribution in [0.5, 0.6) is 5.75 Å². The molecule has 0 atom stereocenters. The molecule has 5 nitrogen and oxygen atoms in total. The van der Waals surface area contributed by atoms with Crippen molar-refractivity contribution in [2.75, 3.05) is 17.2 Å². The number of carbonyl (C=O) groups excluding carboxylic acids is 2. The van der Waals surface area contributed by atoms with Crippen LogP contribution in [0, 0.1) is 12.3 Å². The molecular formula is C18H16N2O3. The highest BCUT2D eigenvalue weighted by atomic mass is 16.5. The second-order valence-corrected chi connectivity index (χ2v) is 4.56. The van der Waals surface area contributed by atoms with E-state index in [0.29, 0.717) is 29.3 Å². The van der Waals surface area contributed by atoms with Crippen LogP contribution in [-0.2, 0) is 9.59 Å². The summed E-state index contributed by atoms with van der Waals surface area (Å²) in [6.07, 6.45) is 5.30. The third-order valence-electron chi connectivity index (χ3n) is 2.93. The van der Waals surface area contributed by atoms with Gasteiger partial charge in [-0.2, -0.15) is 0 Å². The third-order valence-corrected chi connectivity index (χ3v) is 2.93. The Balaban J connectivity index is 2.06. The van der Waals surface area contributed by atoms with Gasteiger partial charge in [-0.25, -0.2) is 0 Å². The van der Waals surface area contributed by atoms with Gasteiger partial charge in [0, 0.05) is 11.3 Å². The van der Waals surface area contributed by atoms with Crippen molar-refractivity contribution in [3.05, 3.63) is 54.1 Å². The fourth-order valence-corrected chi connectivity index (χ4v) is 1.90. The normalized spacial score (nSPS) is 9.57. The van der Waals surface area contributed by atoms with Crippen LogP contribution in [0.2, 0.25) is 0 Å². The van der Waals surface area contributed by atoms with Gasteiger partial charge in [0.25, 0.3) is 0 Å². The zero-order valence-corrected chi connectivity index (χ0v) is 12.6. The van der Waals surface area contributed by atoms with Crippen LogP contribution in [0.1, 0.15) is 12.5 Å². The van der Waals surface area contributed by atoms with Gasteiger partial charge in [-0.05, 0) is 37.3 Å². The molecule has 0 saturated heterocycles. The van der Waals surface area contributed by atoms with Crippen molar-refractivity contribution in [1.29, 1.82) is 0 Å². The number of ether oxygens (including phenoxy) is 1. The standard InChI is InChI=1S/C18H16N2O3/c1-3-13-8-7-9-14(12-13)19-17(21)18(22)20-15-10-5-6-11-16(15)23-4-2/h1,5-12H,4H2,2H3,(H,19,21)(H,20,22). The maximum absolute atomic E-state index is 12.0. The molecule has 23 heavy (non-hydrogen) atoms. The molecule has 116 valence electrons. The van der Waals surface area contributed by atoms with Crippen LogP contribution in [-0.4, -0.2) is 18.4 Å². The second-order valence-electron chi connectivity index (χ2n) is 4.56. The molecule has 2 rings (SSSR count). The number of anilines is 2. The summed E-state index contributed by atoms with van der Waals surface area (Å²) in [7, 11) is 0. The number of benzene rings is 2. The fourth-order valence-electron chi connectivity index (χ4n) is 1.90. The van der Waals surface area contributed by atoms with E-state index in [1.165, 1.54) is 0 Å². The van der Waals surface area contributed by atoms with E-state index in [9.17, 15) is 9.59 Å². The highest BCUT2D eigenvalue weighted by Gasteiger charge is 2.16. The predicted octanol–water partition coefficient (Wildman–Crippen LogP) is 2.64. The number of para-hydroxylation sites is 2. The Morgan fingerprint density at radius 1 is 1.09 bits per heavy atom. The lowest BCUT2D eigenvalue weighted by Gasteiger charge is -2.11. The first kappa shape index (κ1) is 16.1. The van der Waals surface area contributed by atoms with E-state index >= 15 is 0 Å². The van der Waals surface area contributed by atoms with Gasteiger partial charge >= 0.3 is 11.8 Å². The number of hydrogen-bond acceptors (Lipinski definition) is 3. The van der Waals surface area contributed by atoms with Crippen molar-refractivity contribution in [2.24, 2.45) is 0 Å². The van der Waals surface area contributed by atoms with Gasteiger partial charge < -0.3 is 15.4 Å². The summed E-state index contributed by atoms with van der Waals surface area (Å²) in [5, 5.41) is 5.03.